The molecule has 1 aromatic heterocycles. The van der Waals surface area contributed by atoms with Gasteiger partial charge in [-0.05, 0) is 78.4 Å². The first-order chi connectivity index (χ1) is 23.4. The number of carbonyl (C=O) groups is 1. The predicted molar refractivity (Wildman–Crippen MR) is 184 cm³/mol. The molecule has 11 heteroatoms. The van der Waals surface area contributed by atoms with E-state index in [1.807, 2.05) is 65.2 Å². The van der Waals surface area contributed by atoms with Gasteiger partial charge in [-0.15, -0.1) is 0 Å². The summed E-state index contributed by atoms with van der Waals surface area (Å²) in [6, 6.07) is 27.1. The van der Waals surface area contributed by atoms with E-state index in [0.717, 1.165) is 22.4 Å². The van der Waals surface area contributed by atoms with E-state index >= 15 is 0 Å². The van der Waals surface area contributed by atoms with Crippen LogP contribution >= 0.6 is 0 Å². The Morgan fingerprint density at radius 1 is 0.750 bits per heavy atom. The van der Waals surface area contributed by atoms with Crippen molar-refractivity contribution >= 4 is 5.91 Å². The molecule has 5 rings (SSSR count). The summed E-state index contributed by atoms with van der Waals surface area (Å²) < 4.78 is 23.6. The van der Waals surface area contributed by atoms with Crippen molar-refractivity contribution in [3.05, 3.63) is 102 Å². The van der Waals surface area contributed by atoms with Crippen LogP contribution in [0.5, 0.6) is 23.0 Å². The molecule has 250 valence electrons. The van der Waals surface area contributed by atoms with Crippen LogP contribution in [0.4, 0.5) is 0 Å². The average molecular weight is 653 g/mol. The number of benzene rings is 4. The summed E-state index contributed by atoms with van der Waals surface area (Å²) in [5.41, 5.74) is 10.6. The zero-order valence-corrected chi connectivity index (χ0v) is 27.0. The third-order valence-corrected chi connectivity index (χ3v) is 7.58. The predicted octanol–water partition coefficient (Wildman–Crippen LogP) is 5.08. The molecule has 48 heavy (non-hydrogen) atoms. The molecule has 0 aliphatic rings. The molecule has 0 aliphatic carbocycles. The van der Waals surface area contributed by atoms with Gasteiger partial charge < -0.3 is 44.8 Å². The van der Waals surface area contributed by atoms with Crippen molar-refractivity contribution in [2.75, 3.05) is 53.7 Å². The highest BCUT2D eigenvalue weighted by molar-refractivity contribution is 5.94. The second kappa shape index (κ2) is 16.5. The van der Waals surface area contributed by atoms with Gasteiger partial charge in [0.1, 0.15) is 28.8 Å². The van der Waals surface area contributed by atoms with Gasteiger partial charge in [-0.2, -0.15) is 0 Å². The number of phenols is 2. The summed E-state index contributed by atoms with van der Waals surface area (Å²) in [7, 11) is 3.24. The normalized spacial score (nSPS) is 11.0. The molecule has 0 atom stereocenters. The van der Waals surface area contributed by atoms with Crippen LogP contribution in [0.3, 0.4) is 0 Å². The smallest absolute Gasteiger partial charge is 0.251 e. The molecule has 0 spiro atoms. The van der Waals surface area contributed by atoms with Crippen LogP contribution in [0, 0.1) is 0 Å². The molecule has 5 aromatic rings. The highest BCUT2D eigenvalue weighted by Gasteiger charge is 2.23. The molecule has 0 unspecified atom stereocenters. The number of imidazole rings is 1. The molecule has 0 bridgehead atoms. The number of phenolic OH excluding ortho intramolecular Hbond substituents is 2. The summed E-state index contributed by atoms with van der Waals surface area (Å²) in [4.78, 5) is 17.9. The topological polar surface area (TPSA) is 150 Å². The van der Waals surface area contributed by atoms with E-state index in [4.69, 9.17) is 29.7 Å². The van der Waals surface area contributed by atoms with Gasteiger partial charge in [-0.3, -0.25) is 4.79 Å². The Morgan fingerprint density at radius 2 is 1.33 bits per heavy atom. The fraction of sp³-hybridized carbons (Fsp3) is 0.243. The Labute approximate surface area is 279 Å². The van der Waals surface area contributed by atoms with Crippen LogP contribution in [0.25, 0.3) is 33.9 Å². The van der Waals surface area contributed by atoms with E-state index in [1.54, 1.807) is 38.5 Å². The molecule has 0 radical (unpaired) electrons. The molecular weight excluding hydrogens is 612 g/mol. The van der Waals surface area contributed by atoms with Crippen LogP contribution < -0.4 is 20.5 Å². The van der Waals surface area contributed by atoms with Crippen molar-refractivity contribution in [1.29, 1.82) is 0 Å². The third-order valence-electron chi connectivity index (χ3n) is 7.58. The number of carbonyl (C=O) groups excluding carboxylic acids is 1. The molecule has 0 saturated carbocycles. The number of methoxy groups -OCH3 is 2. The van der Waals surface area contributed by atoms with Gasteiger partial charge in [0.15, 0.2) is 0 Å². The summed E-state index contributed by atoms with van der Waals surface area (Å²) in [5, 5.41) is 23.7. The maximum atomic E-state index is 12.8. The number of amides is 1. The first-order valence-electron chi connectivity index (χ1n) is 15.6. The van der Waals surface area contributed by atoms with Crippen molar-refractivity contribution < 1.29 is 34.0 Å². The van der Waals surface area contributed by atoms with Crippen molar-refractivity contribution in [2.24, 2.45) is 5.73 Å². The van der Waals surface area contributed by atoms with Gasteiger partial charge >= 0.3 is 0 Å². The Kier molecular flexibility index (Phi) is 11.7. The average Bonchev–Trinajstić information content (AvgIpc) is 3.48. The highest BCUT2D eigenvalue weighted by Crippen LogP contribution is 2.39. The van der Waals surface area contributed by atoms with Gasteiger partial charge in [0.25, 0.3) is 5.91 Å². The number of nitrogens with one attached hydrogen (secondary N) is 1. The first kappa shape index (κ1) is 34.0. The van der Waals surface area contributed by atoms with E-state index in [2.05, 4.69) is 5.32 Å². The summed E-state index contributed by atoms with van der Waals surface area (Å²) in [5.74, 6) is 1.59. The molecule has 0 aliphatic heterocycles. The van der Waals surface area contributed by atoms with Crippen LogP contribution in [0.2, 0.25) is 0 Å². The zero-order chi connectivity index (χ0) is 33.9. The largest absolute Gasteiger partial charge is 0.508 e. The Morgan fingerprint density at radius 3 is 1.92 bits per heavy atom. The standard InChI is InChI=1S/C37H40N4O7/c1-45-32-11-7-26(8-12-32)34-35(27-9-13-33(46-2)14-10-27)41(36(40-34)29-21-30(42)23-31(43)22-29)24-25-3-5-28(6-4-25)37(44)39-16-18-48-20-19-47-17-15-38/h3-14,21-23,42-43H,15-20,24,38H2,1-2H3,(H,39,44). The lowest BCUT2D eigenvalue weighted by molar-refractivity contribution is 0.0511. The second-order valence-electron chi connectivity index (χ2n) is 10.9. The second-order valence-corrected chi connectivity index (χ2v) is 10.9. The number of nitrogens with zero attached hydrogens (tertiary/aromatic N) is 2. The maximum absolute atomic E-state index is 12.8. The Bertz CT molecular complexity index is 1770. The molecule has 5 N–H and O–H groups in total. The number of ether oxygens (including phenoxy) is 4. The highest BCUT2D eigenvalue weighted by atomic mass is 16.5. The molecule has 4 aromatic carbocycles. The zero-order valence-electron chi connectivity index (χ0n) is 27.0. The lowest BCUT2D eigenvalue weighted by Crippen LogP contribution is -2.27. The van der Waals surface area contributed by atoms with Crippen LogP contribution in [0.1, 0.15) is 15.9 Å². The summed E-state index contributed by atoms with van der Waals surface area (Å²) in [6.07, 6.45) is 0. The Hall–Kier alpha value is -5.36. The quantitative estimate of drug-likeness (QED) is 0.107. The van der Waals surface area contributed by atoms with Crippen LogP contribution in [-0.2, 0) is 16.0 Å². The number of aromatic hydroxyl groups is 2. The van der Waals surface area contributed by atoms with E-state index in [1.165, 1.54) is 6.07 Å². The fourth-order valence-corrected chi connectivity index (χ4v) is 5.23. The number of nitrogens with two attached hydrogens (primary N) is 1. The number of hydrogen-bond donors (Lipinski definition) is 4. The fourth-order valence-electron chi connectivity index (χ4n) is 5.23. The van der Waals surface area contributed by atoms with E-state index in [-0.39, 0.29) is 17.4 Å². The number of hydrogen-bond acceptors (Lipinski definition) is 9. The lowest BCUT2D eigenvalue weighted by Gasteiger charge is -2.15. The monoisotopic (exact) mass is 652 g/mol. The SMILES string of the molecule is COc1ccc(-c2nc(-c3cc(O)cc(O)c3)n(Cc3ccc(C(=O)NCCOCCOCCN)cc3)c2-c2ccc(OC)cc2)cc1. The van der Waals surface area contributed by atoms with Crippen molar-refractivity contribution in [1.82, 2.24) is 14.9 Å². The van der Waals surface area contributed by atoms with Gasteiger partial charge in [0.2, 0.25) is 0 Å². The van der Waals surface area contributed by atoms with Crippen molar-refractivity contribution in [2.45, 2.75) is 6.54 Å². The van der Waals surface area contributed by atoms with E-state index in [9.17, 15) is 15.0 Å². The van der Waals surface area contributed by atoms with Gasteiger partial charge in [-0.25, -0.2) is 4.98 Å². The molecular formula is C37H40N4O7. The Balaban J connectivity index is 1.47. The van der Waals surface area contributed by atoms with Gasteiger partial charge in [-0.1, -0.05) is 12.1 Å². The molecule has 11 nitrogen and oxygen atoms in total. The molecule has 0 fully saturated rings. The maximum Gasteiger partial charge on any atom is 0.251 e. The van der Waals surface area contributed by atoms with Gasteiger partial charge in [0, 0.05) is 48.0 Å². The van der Waals surface area contributed by atoms with E-state index < -0.39 is 0 Å². The van der Waals surface area contributed by atoms with Crippen molar-refractivity contribution in [3.63, 3.8) is 0 Å². The van der Waals surface area contributed by atoms with Crippen LogP contribution in [0.15, 0.2) is 91.0 Å². The number of rotatable bonds is 16. The first-order valence-corrected chi connectivity index (χ1v) is 15.6. The minimum absolute atomic E-state index is 0.0859. The van der Waals surface area contributed by atoms with Crippen molar-refractivity contribution in [3.8, 4) is 56.9 Å². The molecule has 0 saturated heterocycles. The third kappa shape index (κ3) is 8.51. The number of aromatic nitrogens is 2. The lowest BCUT2D eigenvalue weighted by atomic mass is 10.0. The molecule has 1 heterocycles. The van der Waals surface area contributed by atoms with Gasteiger partial charge in [0.05, 0.1) is 52.0 Å². The van der Waals surface area contributed by atoms with E-state index in [0.29, 0.717) is 80.2 Å². The minimum atomic E-state index is -0.205. The summed E-state index contributed by atoms with van der Waals surface area (Å²) in [6.45, 7) is 2.96. The minimum Gasteiger partial charge on any atom is -0.508 e. The molecule has 1 amide bonds. The summed E-state index contributed by atoms with van der Waals surface area (Å²) >= 11 is 0. The van der Waals surface area contributed by atoms with Crippen LogP contribution in [-0.4, -0.2) is 79.4 Å².